The summed E-state index contributed by atoms with van der Waals surface area (Å²) in [6, 6.07) is 19.1. The molecular weight excluding hydrogens is 462 g/mol. The average Bonchev–Trinajstić information content (AvgIpc) is 2.82. The zero-order valence-corrected chi connectivity index (χ0v) is 19.3. The molecule has 2 aliphatic rings. The zero-order valence-electron chi connectivity index (χ0n) is 17.7. The van der Waals surface area contributed by atoms with Crippen molar-refractivity contribution in [3.63, 3.8) is 0 Å². The van der Waals surface area contributed by atoms with E-state index in [1.807, 2.05) is 0 Å². The van der Waals surface area contributed by atoms with Crippen LogP contribution >= 0.6 is 0 Å². The van der Waals surface area contributed by atoms with Crippen LogP contribution in [0, 0.1) is 5.92 Å². The molecule has 0 amide bonds. The van der Waals surface area contributed by atoms with Crippen LogP contribution in [0.5, 0.6) is 0 Å². The van der Waals surface area contributed by atoms with Gasteiger partial charge in [-0.15, -0.1) is 0 Å². The molecule has 5 rings (SSSR count). The number of nitrogens with zero attached hydrogens (tertiary/aromatic N) is 2. The first kappa shape index (κ1) is 21.9. The summed E-state index contributed by atoms with van der Waals surface area (Å²) in [5.41, 5.74) is 0.619. The van der Waals surface area contributed by atoms with Gasteiger partial charge in [-0.25, -0.2) is 16.8 Å². The Bertz CT molecular complexity index is 1450. The van der Waals surface area contributed by atoms with Gasteiger partial charge in [-0.05, 0) is 42.7 Å². The minimum absolute atomic E-state index is 0.0339. The summed E-state index contributed by atoms with van der Waals surface area (Å²) in [7, 11) is -7.57. The van der Waals surface area contributed by atoms with Crippen LogP contribution in [0.4, 0.5) is 5.69 Å². The van der Waals surface area contributed by atoms with E-state index >= 15 is 0 Å². The van der Waals surface area contributed by atoms with Gasteiger partial charge < -0.3 is 4.57 Å². The van der Waals surface area contributed by atoms with Crippen LogP contribution in [0.3, 0.4) is 0 Å². The molecule has 0 spiro atoms. The van der Waals surface area contributed by atoms with E-state index < -0.39 is 20.0 Å². The molecule has 1 aromatic heterocycles. The van der Waals surface area contributed by atoms with Gasteiger partial charge in [0.2, 0.25) is 10.0 Å². The third kappa shape index (κ3) is 3.98. The molecule has 2 bridgehead atoms. The van der Waals surface area contributed by atoms with Gasteiger partial charge in [-0.2, -0.15) is 4.31 Å². The molecule has 2 aliphatic heterocycles. The molecule has 0 aliphatic carbocycles. The van der Waals surface area contributed by atoms with Gasteiger partial charge in [0.15, 0.2) is 0 Å². The molecule has 2 atom stereocenters. The molecule has 8 nitrogen and oxygen atoms in total. The van der Waals surface area contributed by atoms with Gasteiger partial charge in [0.05, 0.1) is 15.5 Å². The number of benzene rings is 2. The number of aromatic nitrogens is 1. The third-order valence-corrected chi connectivity index (χ3v) is 9.46. The number of hydrogen-bond donors (Lipinski definition) is 1. The maximum atomic E-state index is 13.2. The van der Waals surface area contributed by atoms with Gasteiger partial charge in [0.25, 0.3) is 15.6 Å². The number of nitrogens with one attached hydrogen (secondary N) is 1. The number of pyridine rings is 1. The Kier molecular flexibility index (Phi) is 5.38. The average molecular weight is 486 g/mol. The Labute approximate surface area is 192 Å². The van der Waals surface area contributed by atoms with E-state index in [-0.39, 0.29) is 33.7 Å². The minimum atomic E-state index is -3.87. The van der Waals surface area contributed by atoms with E-state index in [4.69, 9.17) is 0 Å². The summed E-state index contributed by atoms with van der Waals surface area (Å²) < 4.78 is 58.1. The third-order valence-electron chi connectivity index (χ3n) is 6.24. The van der Waals surface area contributed by atoms with Crippen LogP contribution in [-0.2, 0) is 26.6 Å². The summed E-state index contributed by atoms with van der Waals surface area (Å²) in [6.45, 7) is 0.837. The fourth-order valence-corrected chi connectivity index (χ4v) is 7.48. The van der Waals surface area contributed by atoms with Gasteiger partial charge in [-0.3, -0.25) is 9.52 Å². The molecule has 3 heterocycles. The zero-order chi connectivity index (χ0) is 23.2. The molecule has 1 N–H and O–H groups in total. The maximum Gasteiger partial charge on any atom is 0.261 e. The van der Waals surface area contributed by atoms with E-state index in [2.05, 4.69) is 4.72 Å². The highest BCUT2D eigenvalue weighted by molar-refractivity contribution is 7.92. The maximum absolute atomic E-state index is 13.2. The van der Waals surface area contributed by atoms with E-state index in [1.54, 1.807) is 53.1 Å². The Morgan fingerprint density at radius 3 is 2.06 bits per heavy atom. The highest BCUT2D eigenvalue weighted by atomic mass is 32.2. The molecular formula is C23H23N3O5S2. The van der Waals surface area contributed by atoms with Crippen molar-refractivity contribution in [2.75, 3.05) is 17.8 Å². The summed E-state index contributed by atoms with van der Waals surface area (Å²) >= 11 is 0. The Morgan fingerprint density at radius 1 is 0.758 bits per heavy atom. The SMILES string of the molecule is O=c1ccc(NS(=O)(=O)c2ccccc2)c2n1C[C@H]1C[C@@H]2CN(S(=O)(=O)c2ccccc2)C1. The van der Waals surface area contributed by atoms with Gasteiger partial charge >= 0.3 is 0 Å². The van der Waals surface area contributed by atoms with E-state index in [0.29, 0.717) is 30.9 Å². The molecule has 172 valence electrons. The fourth-order valence-electron chi connectivity index (χ4n) is 4.80. The van der Waals surface area contributed by atoms with Crippen molar-refractivity contribution in [3.8, 4) is 0 Å². The summed E-state index contributed by atoms with van der Waals surface area (Å²) in [5.74, 6) is -0.341. The molecule has 2 aromatic carbocycles. The van der Waals surface area contributed by atoms with E-state index in [1.165, 1.54) is 28.6 Å². The molecule has 3 aromatic rings. The first-order valence-corrected chi connectivity index (χ1v) is 13.5. The van der Waals surface area contributed by atoms with Crippen molar-refractivity contribution in [1.29, 1.82) is 0 Å². The second-order valence-electron chi connectivity index (χ2n) is 8.43. The lowest BCUT2D eigenvalue weighted by Crippen LogP contribution is -2.49. The van der Waals surface area contributed by atoms with Gasteiger partial charge in [-0.1, -0.05) is 36.4 Å². The number of rotatable bonds is 5. The second-order valence-corrected chi connectivity index (χ2v) is 12.1. The largest absolute Gasteiger partial charge is 0.310 e. The Morgan fingerprint density at radius 2 is 1.39 bits per heavy atom. The Hall–Kier alpha value is -2.95. The molecule has 10 heteroatoms. The fraction of sp³-hybridized carbons (Fsp3) is 0.261. The Balaban J connectivity index is 1.53. The van der Waals surface area contributed by atoms with Crippen LogP contribution < -0.4 is 10.3 Å². The van der Waals surface area contributed by atoms with Crippen LogP contribution in [0.1, 0.15) is 18.0 Å². The number of anilines is 1. The quantitative estimate of drug-likeness (QED) is 0.598. The van der Waals surface area contributed by atoms with Crippen LogP contribution in [-0.4, -0.2) is 38.8 Å². The smallest absolute Gasteiger partial charge is 0.261 e. The van der Waals surface area contributed by atoms with E-state index in [0.717, 1.165) is 0 Å². The van der Waals surface area contributed by atoms with Crippen molar-refractivity contribution in [2.24, 2.45) is 5.92 Å². The predicted octanol–water partition coefficient (Wildman–Crippen LogP) is 2.46. The molecule has 1 fully saturated rings. The summed E-state index contributed by atoms with van der Waals surface area (Å²) in [5, 5.41) is 0. The van der Waals surface area contributed by atoms with E-state index in [9.17, 15) is 21.6 Å². The van der Waals surface area contributed by atoms with Crippen molar-refractivity contribution in [3.05, 3.63) is 88.8 Å². The van der Waals surface area contributed by atoms with Gasteiger partial charge in [0.1, 0.15) is 0 Å². The number of fused-ring (bicyclic) bond motifs is 4. The molecule has 1 saturated heterocycles. The summed E-state index contributed by atoms with van der Waals surface area (Å²) in [6.07, 6.45) is 0.685. The van der Waals surface area contributed by atoms with Crippen molar-refractivity contribution >= 4 is 25.7 Å². The second kappa shape index (κ2) is 8.12. The van der Waals surface area contributed by atoms with Crippen molar-refractivity contribution < 1.29 is 16.8 Å². The number of sulfonamides is 2. The van der Waals surface area contributed by atoms with Gasteiger partial charge in [0, 0.05) is 37.3 Å². The molecule has 33 heavy (non-hydrogen) atoms. The molecule has 0 unspecified atom stereocenters. The first-order chi connectivity index (χ1) is 15.8. The highest BCUT2D eigenvalue weighted by Crippen LogP contribution is 2.40. The first-order valence-electron chi connectivity index (χ1n) is 10.6. The van der Waals surface area contributed by atoms with Crippen molar-refractivity contribution in [2.45, 2.75) is 28.7 Å². The predicted molar refractivity (Wildman–Crippen MR) is 124 cm³/mol. The topological polar surface area (TPSA) is 106 Å². The normalized spacial score (nSPS) is 20.7. The number of hydrogen-bond acceptors (Lipinski definition) is 5. The summed E-state index contributed by atoms with van der Waals surface area (Å²) in [4.78, 5) is 13.0. The minimum Gasteiger partial charge on any atom is -0.310 e. The molecule has 0 radical (unpaired) electrons. The van der Waals surface area contributed by atoms with Crippen LogP contribution in [0.25, 0.3) is 0 Å². The lowest BCUT2D eigenvalue weighted by molar-refractivity contribution is 0.187. The monoisotopic (exact) mass is 485 g/mol. The van der Waals surface area contributed by atoms with Crippen LogP contribution in [0.2, 0.25) is 0 Å². The highest BCUT2D eigenvalue weighted by Gasteiger charge is 2.41. The standard InChI is InChI=1S/C23H23N3O5S2/c27-22-12-11-21(24-32(28,29)19-7-3-1-4-8-19)23-18-13-17(15-26(22)23)14-25(16-18)33(30,31)20-9-5-2-6-10-20/h1-12,17-18,24H,13-16H2/t17-,18+/m0/s1. The molecule has 0 saturated carbocycles. The lowest BCUT2D eigenvalue weighted by Gasteiger charge is -2.42. The van der Waals surface area contributed by atoms with Crippen molar-refractivity contribution in [1.82, 2.24) is 8.87 Å². The van der Waals surface area contributed by atoms with Crippen LogP contribution in [0.15, 0.2) is 87.4 Å². The number of piperidine rings is 1. The lowest BCUT2D eigenvalue weighted by atomic mass is 9.83.